The maximum Gasteiger partial charge on any atom is 0.0595 e. The van der Waals surface area contributed by atoms with E-state index in [-0.39, 0.29) is 5.41 Å². The lowest BCUT2D eigenvalue weighted by atomic mass is 9.79. The minimum Gasteiger partial charge on any atom is -0.381 e. The van der Waals surface area contributed by atoms with Gasteiger partial charge in [0, 0.05) is 12.2 Å². The van der Waals surface area contributed by atoms with Gasteiger partial charge >= 0.3 is 0 Å². The van der Waals surface area contributed by atoms with E-state index >= 15 is 0 Å². The van der Waals surface area contributed by atoms with E-state index in [0.717, 1.165) is 12.1 Å². The molecule has 3 rings (SSSR count). The Kier molecular flexibility index (Phi) is 6.20. The highest BCUT2D eigenvalue weighted by Gasteiger charge is 2.22. The molecule has 0 aromatic heterocycles. The van der Waals surface area contributed by atoms with Crippen molar-refractivity contribution in [3.05, 3.63) is 63.1 Å². The summed E-state index contributed by atoms with van der Waals surface area (Å²) in [6.45, 7) is 7.62. The van der Waals surface area contributed by atoms with Gasteiger partial charge in [0.25, 0.3) is 0 Å². The first-order valence-electron chi connectivity index (χ1n) is 9.67. The van der Waals surface area contributed by atoms with Gasteiger partial charge in [-0.1, -0.05) is 81.4 Å². The van der Waals surface area contributed by atoms with E-state index in [1.807, 2.05) is 18.2 Å². The molecule has 26 heavy (non-hydrogen) atoms. The molecule has 2 aromatic rings. The number of hydrogen-bond acceptors (Lipinski definition) is 1. The topological polar surface area (TPSA) is 12.0 Å². The predicted molar refractivity (Wildman–Crippen MR) is 115 cm³/mol. The maximum atomic E-state index is 6.16. The van der Waals surface area contributed by atoms with E-state index in [1.54, 1.807) is 0 Å². The number of rotatable bonds is 4. The number of benzene rings is 2. The molecular formula is C23H29Cl2N. The zero-order chi connectivity index (χ0) is 18.7. The van der Waals surface area contributed by atoms with Gasteiger partial charge in [-0.25, -0.2) is 0 Å². The van der Waals surface area contributed by atoms with Gasteiger partial charge in [0.2, 0.25) is 0 Å². The van der Waals surface area contributed by atoms with Crippen LogP contribution in [0.15, 0.2) is 36.4 Å². The lowest BCUT2D eigenvalue weighted by molar-refractivity contribution is 0.443. The van der Waals surface area contributed by atoms with Crippen LogP contribution in [0, 0.1) is 0 Å². The van der Waals surface area contributed by atoms with Gasteiger partial charge in [-0.2, -0.15) is 0 Å². The first-order chi connectivity index (χ1) is 12.3. The Morgan fingerprint density at radius 2 is 1.65 bits per heavy atom. The van der Waals surface area contributed by atoms with Gasteiger partial charge in [-0.15, -0.1) is 0 Å². The summed E-state index contributed by atoms with van der Waals surface area (Å²) < 4.78 is 0. The number of hydrogen-bond donors (Lipinski definition) is 1. The van der Waals surface area contributed by atoms with Crippen molar-refractivity contribution < 1.29 is 0 Å². The lowest BCUT2D eigenvalue weighted by Crippen LogP contribution is -2.15. The van der Waals surface area contributed by atoms with Gasteiger partial charge < -0.3 is 5.32 Å². The summed E-state index contributed by atoms with van der Waals surface area (Å²) in [4.78, 5) is 0. The Hall–Kier alpha value is -1.18. The zero-order valence-corrected chi connectivity index (χ0v) is 17.6. The van der Waals surface area contributed by atoms with E-state index < -0.39 is 0 Å². The first-order valence-corrected chi connectivity index (χ1v) is 10.4. The summed E-state index contributed by atoms with van der Waals surface area (Å²) in [6, 6.07) is 12.8. The van der Waals surface area contributed by atoms with Crippen molar-refractivity contribution in [3.8, 4) is 0 Å². The highest BCUT2D eigenvalue weighted by molar-refractivity contribution is 6.42. The van der Waals surface area contributed by atoms with Crippen molar-refractivity contribution in [2.45, 2.75) is 70.8 Å². The summed E-state index contributed by atoms with van der Waals surface area (Å²) in [5.41, 5.74) is 5.48. The molecular weight excluding hydrogens is 361 g/mol. The summed E-state index contributed by atoms with van der Waals surface area (Å²) in [7, 11) is 0. The minimum atomic E-state index is 0.172. The number of halogens is 2. The SMILES string of the molecule is CC(C)(C)c1ccc(NCc2ccc(Cl)c(Cl)c2)c(C2CCCCC2)c1. The van der Waals surface area contributed by atoms with Gasteiger partial charge in [0.05, 0.1) is 10.0 Å². The second-order valence-electron chi connectivity index (χ2n) is 8.49. The van der Waals surface area contributed by atoms with E-state index in [4.69, 9.17) is 23.2 Å². The third-order valence-electron chi connectivity index (χ3n) is 5.43. The lowest BCUT2D eigenvalue weighted by Gasteiger charge is -2.28. The molecule has 1 nitrogen and oxygen atoms in total. The highest BCUT2D eigenvalue weighted by Crippen LogP contribution is 2.39. The molecule has 0 radical (unpaired) electrons. The molecule has 0 aliphatic heterocycles. The molecule has 1 saturated carbocycles. The molecule has 0 atom stereocenters. The normalized spacial score (nSPS) is 15.9. The summed E-state index contributed by atoms with van der Waals surface area (Å²) in [6.07, 6.45) is 6.67. The molecule has 1 aliphatic rings. The number of anilines is 1. The molecule has 0 unspecified atom stereocenters. The van der Waals surface area contributed by atoms with Gasteiger partial charge in [-0.05, 0) is 59.1 Å². The fourth-order valence-electron chi connectivity index (χ4n) is 3.79. The van der Waals surface area contributed by atoms with Crippen molar-refractivity contribution >= 4 is 28.9 Å². The largest absolute Gasteiger partial charge is 0.381 e. The Labute approximate surface area is 168 Å². The smallest absolute Gasteiger partial charge is 0.0595 e. The predicted octanol–water partition coefficient (Wildman–Crippen LogP) is 7.95. The van der Waals surface area contributed by atoms with Crippen molar-refractivity contribution in [1.29, 1.82) is 0 Å². The Bertz CT molecular complexity index is 755. The van der Waals surface area contributed by atoms with Crippen LogP contribution in [0.5, 0.6) is 0 Å². The van der Waals surface area contributed by atoms with Crippen LogP contribution < -0.4 is 5.32 Å². The fraction of sp³-hybridized carbons (Fsp3) is 0.478. The van der Waals surface area contributed by atoms with Crippen molar-refractivity contribution in [2.24, 2.45) is 0 Å². The molecule has 1 aliphatic carbocycles. The summed E-state index contributed by atoms with van der Waals surface area (Å²) in [5.74, 6) is 0.669. The fourth-order valence-corrected chi connectivity index (χ4v) is 4.11. The van der Waals surface area contributed by atoms with Crippen LogP contribution in [0.2, 0.25) is 10.0 Å². The average Bonchev–Trinajstić information content (AvgIpc) is 2.62. The average molecular weight is 390 g/mol. The zero-order valence-electron chi connectivity index (χ0n) is 16.0. The van der Waals surface area contributed by atoms with Crippen LogP contribution >= 0.6 is 23.2 Å². The van der Waals surface area contributed by atoms with Crippen LogP contribution in [-0.2, 0) is 12.0 Å². The van der Waals surface area contributed by atoms with Gasteiger partial charge in [-0.3, -0.25) is 0 Å². The monoisotopic (exact) mass is 389 g/mol. The molecule has 0 spiro atoms. The van der Waals surface area contributed by atoms with E-state index in [2.05, 4.69) is 44.3 Å². The molecule has 3 heteroatoms. The van der Waals surface area contributed by atoms with Crippen LogP contribution in [0.4, 0.5) is 5.69 Å². The van der Waals surface area contributed by atoms with Crippen molar-refractivity contribution in [2.75, 3.05) is 5.32 Å². The second kappa shape index (κ2) is 8.23. The molecule has 1 N–H and O–H groups in total. The first kappa shape index (κ1) is 19.6. The standard InChI is InChI=1S/C23H29Cl2N/c1-23(2,3)18-10-12-22(19(14-18)17-7-5-4-6-8-17)26-15-16-9-11-20(24)21(25)13-16/h9-14,17,26H,4-8,15H2,1-3H3. The number of nitrogens with one attached hydrogen (secondary N) is 1. The second-order valence-corrected chi connectivity index (χ2v) is 9.30. The van der Waals surface area contributed by atoms with Crippen LogP contribution in [0.25, 0.3) is 0 Å². The van der Waals surface area contributed by atoms with Crippen LogP contribution in [0.3, 0.4) is 0 Å². The maximum absolute atomic E-state index is 6.16. The van der Waals surface area contributed by atoms with Crippen LogP contribution in [-0.4, -0.2) is 0 Å². The van der Waals surface area contributed by atoms with Crippen molar-refractivity contribution in [3.63, 3.8) is 0 Å². The van der Waals surface area contributed by atoms with E-state index in [9.17, 15) is 0 Å². The molecule has 2 aromatic carbocycles. The molecule has 140 valence electrons. The summed E-state index contributed by atoms with van der Waals surface area (Å²) >= 11 is 12.2. The molecule has 0 heterocycles. The molecule has 1 fully saturated rings. The third-order valence-corrected chi connectivity index (χ3v) is 6.17. The highest BCUT2D eigenvalue weighted by atomic mass is 35.5. The van der Waals surface area contributed by atoms with Gasteiger partial charge in [0.1, 0.15) is 0 Å². The third kappa shape index (κ3) is 4.75. The Balaban J connectivity index is 1.85. The minimum absolute atomic E-state index is 0.172. The quantitative estimate of drug-likeness (QED) is 0.558. The molecule has 0 bridgehead atoms. The molecule has 0 amide bonds. The molecule has 0 saturated heterocycles. The Morgan fingerprint density at radius 3 is 2.31 bits per heavy atom. The van der Waals surface area contributed by atoms with Gasteiger partial charge in [0.15, 0.2) is 0 Å². The Morgan fingerprint density at radius 1 is 0.923 bits per heavy atom. The van der Waals surface area contributed by atoms with Crippen LogP contribution in [0.1, 0.15) is 75.5 Å². The summed E-state index contributed by atoms with van der Waals surface area (Å²) in [5, 5.41) is 4.87. The van der Waals surface area contributed by atoms with E-state index in [0.29, 0.717) is 16.0 Å². The van der Waals surface area contributed by atoms with Crippen molar-refractivity contribution in [1.82, 2.24) is 0 Å². The van der Waals surface area contributed by atoms with E-state index in [1.165, 1.54) is 48.9 Å².